The lowest BCUT2D eigenvalue weighted by Crippen LogP contribution is -2.24. The maximum atomic E-state index is 11.7. The van der Waals surface area contributed by atoms with E-state index >= 15 is 0 Å². The van der Waals surface area contributed by atoms with E-state index in [0.717, 1.165) is 23.9 Å². The van der Waals surface area contributed by atoms with E-state index < -0.39 is 5.97 Å². The highest BCUT2D eigenvalue weighted by Gasteiger charge is 2.16. The van der Waals surface area contributed by atoms with Crippen LogP contribution in [-0.2, 0) is 22.4 Å². The first-order valence-electron chi connectivity index (χ1n) is 6.68. The van der Waals surface area contributed by atoms with Gasteiger partial charge in [0.2, 0.25) is 5.91 Å². The Bertz CT molecular complexity index is 696. The summed E-state index contributed by atoms with van der Waals surface area (Å²) in [7, 11) is 0. The van der Waals surface area contributed by atoms with Gasteiger partial charge in [0.25, 0.3) is 0 Å². The topological polar surface area (TPSA) is 69.2 Å². The smallest absolute Gasteiger partial charge is 0.224 e. The van der Waals surface area contributed by atoms with Gasteiger partial charge in [-0.1, -0.05) is 24.3 Å². The van der Waals surface area contributed by atoms with Crippen molar-refractivity contribution in [2.24, 2.45) is 0 Å². The van der Waals surface area contributed by atoms with E-state index in [-0.39, 0.29) is 18.7 Å². The van der Waals surface area contributed by atoms with Gasteiger partial charge in [-0.3, -0.25) is 4.79 Å². The van der Waals surface area contributed by atoms with Crippen molar-refractivity contribution in [3.63, 3.8) is 0 Å². The van der Waals surface area contributed by atoms with Gasteiger partial charge in [-0.2, -0.15) is 0 Å². The Morgan fingerprint density at radius 1 is 1.05 bits per heavy atom. The number of carboxylic acid groups (broad SMARTS) is 1. The molecule has 0 fully saturated rings. The van der Waals surface area contributed by atoms with Crippen LogP contribution in [0.2, 0.25) is 0 Å². The molecule has 2 aromatic rings. The van der Waals surface area contributed by atoms with Crippen LogP contribution in [0.4, 0.5) is 5.69 Å². The largest absolute Gasteiger partial charge is 0.550 e. The molecule has 0 aliphatic heterocycles. The van der Waals surface area contributed by atoms with Gasteiger partial charge in [0.15, 0.2) is 0 Å². The summed E-state index contributed by atoms with van der Waals surface area (Å²) in [6.07, 6.45) is 1.75. The highest BCUT2D eigenvalue weighted by molar-refractivity contribution is 6.05. The third-order valence-corrected chi connectivity index (χ3v) is 3.71. The molecule has 4 heteroatoms. The van der Waals surface area contributed by atoms with Crippen LogP contribution in [0.5, 0.6) is 0 Å². The van der Waals surface area contributed by atoms with Crippen molar-refractivity contribution in [1.29, 1.82) is 0 Å². The first-order chi connectivity index (χ1) is 9.65. The van der Waals surface area contributed by atoms with E-state index in [2.05, 4.69) is 11.4 Å². The molecule has 0 spiro atoms. The van der Waals surface area contributed by atoms with Crippen LogP contribution >= 0.6 is 0 Å². The minimum atomic E-state index is -1.21. The first-order valence-corrected chi connectivity index (χ1v) is 6.68. The zero-order chi connectivity index (χ0) is 14.1. The Kier molecular flexibility index (Phi) is 3.14. The van der Waals surface area contributed by atoms with Crippen LogP contribution in [0.25, 0.3) is 10.8 Å². The fraction of sp³-hybridized carbons (Fsp3) is 0.250. The van der Waals surface area contributed by atoms with Crippen LogP contribution in [0.15, 0.2) is 30.3 Å². The normalized spacial score (nSPS) is 12.6. The Balaban J connectivity index is 1.90. The Morgan fingerprint density at radius 3 is 2.55 bits per heavy atom. The van der Waals surface area contributed by atoms with Gasteiger partial charge in [0, 0.05) is 23.5 Å². The molecular weight excluding hydrogens is 254 g/mol. The van der Waals surface area contributed by atoms with Crippen LogP contribution in [0.3, 0.4) is 0 Å². The van der Waals surface area contributed by atoms with Gasteiger partial charge in [-0.05, 0) is 41.8 Å². The number of nitrogens with one attached hydrogen (secondary N) is 1. The van der Waals surface area contributed by atoms with Gasteiger partial charge in [-0.15, -0.1) is 0 Å². The van der Waals surface area contributed by atoms with Crippen molar-refractivity contribution in [3.05, 3.63) is 41.5 Å². The van der Waals surface area contributed by atoms with Crippen molar-refractivity contribution in [2.75, 3.05) is 5.32 Å². The van der Waals surface area contributed by atoms with Crippen LogP contribution < -0.4 is 10.4 Å². The summed E-state index contributed by atoms with van der Waals surface area (Å²) < 4.78 is 0. The van der Waals surface area contributed by atoms with Crippen molar-refractivity contribution < 1.29 is 14.7 Å². The molecule has 1 N–H and O–H groups in total. The summed E-state index contributed by atoms with van der Waals surface area (Å²) in [6, 6.07) is 10.0. The molecular formula is C16H14NO3-. The van der Waals surface area contributed by atoms with Crippen molar-refractivity contribution in [1.82, 2.24) is 0 Å². The maximum absolute atomic E-state index is 11.7. The second kappa shape index (κ2) is 4.96. The number of aryl methyl sites for hydroxylation is 2. The number of carboxylic acids is 1. The third-order valence-electron chi connectivity index (χ3n) is 3.71. The molecule has 0 atom stereocenters. The number of aliphatic carboxylic acids is 1. The minimum absolute atomic E-state index is 0.0642. The molecule has 2 aromatic carbocycles. The number of rotatable bonds is 4. The molecule has 0 bridgehead atoms. The summed E-state index contributed by atoms with van der Waals surface area (Å²) >= 11 is 0. The van der Waals surface area contributed by atoms with Crippen LogP contribution in [0.1, 0.15) is 24.0 Å². The number of anilines is 1. The van der Waals surface area contributed by atoms with Gasteiger partial charge >= 0.3 is 0 Å². The van der Waals surface area contributed by atoms with E-state index in [1.807, 2.05) is 24.3 Å². The fourth-order valence-electron chi connectivity index (χ4n) is 2.78. The average Bonchev–Trinajstić information content (AvgIpc) is 2.85. The van der Waals surface area contributed by atoms with Gasteiger partial charge in [-0.25, -0.2) is 0 Å². The van der Waals surface area contributed by atoms with Crippen LogP contribution in [0, 0.1) is 0 Å². The lowest BCUT2D eigenvalue weighted by atomic mass is 10.0. The highest BCUT2D eigenvalue weighted by Crippen LogP contribution is 2.34. The van der Waals surface area contributed by atoms with E-state index in [0.29, 0.717) is 0 Å². The molecule has 0 saturated heterocycles. The lowest BCUT2D eigenvalue weighted by molar-refractivity contribution is -0.305. The van der Waals surface area contributed by atoms with E-state index in [1.54, 1.807) is 0 Å². The lowest BCUT2D eigenvalue weighted by Gasteiger charge is -2.10. The molecule has 1 aliphatic rings. The Morgan fingerprint density at radius 2 is 1.80 bits per heavy atom. The summed E-state index contributed by atoms with van der Waals surface area (Å²) in [4.78, 5) is 22.1. The third kappa shape index (κ3) is 2.25. The molecule has 0 saturated carbocycles. The average molecular weight is 268 g/mol. The van der Waals surface area contributed by atoms with E-state index in [4.69, 9.17) is 0 Å². The van der Waals surface area contributed by atoms with Crippen LogP contribution in [-0.4, -0.2) is 11.9 Å². The van der Waals surface area contributed by atoms with Gasteiger partial charge in [0.1, 0.15) is 0 Å². The summed E-state index contributed by atoms with van der Waals surface area (Å²) in [6.45, 7) is 0. The molecule has 20 heavy (non-hydrogen) atoms. The number of benzene rings is 2. The van der Waals surface area contributed by atoms with Crippen molar-refractivity contribution in [2.45, 2.75) is 25.7 Å². The predicted octanol–water partition coefficient (Wildman–Crippen LogP) is 1.41. The zero-order valence-corrected chi connectivity index (χ0v) is 10.9. The van der Waals surface area contributed by atoms with Crippen molar-refractivity contribution in [3.8, 4) is 0 Å². The molecule has 0 heterocycles. The number of hydrogen-bond acceptors (Lipinski definition) is 3. The maximum Gasteiger partial charge on any atom is 0.224 e. The van der Waals surface area contributed by atoms with Gasteiger partial charge < -0.3 is 15.2 Å². The fourth-order valence-corrected chi connectivity index (χ4v) is 2.78. The summed E-state index contributed by atoms with van der Waals surface area (Å²) in [5, 5.41) is 15.4. The number of amides is 1. The predicted molar refractivity (Wildman–Crippen MR) is 74.2 cm³/mol. The van der Waals surface area contributed by atoms with E-state index in [1.165, 1.54) is 16.5 Å². The van der Waals surface area contributed by atoms with Gasteiger partial charge in [0.05, 0.1) is 0 Å². The van der Waals surface area contributed by atoms with E-state index in [9.17, 15) is 14.7 Å². The molecule has 0 radical (unpaired) electrons. The molecule has 0 unspecified atom stereocenters. The highest BCUT2D eigenvalue weighted by atomic mass is 16.4. The quantitative estimate of drug-likeness (QED) is 0.911. The summed E-state index contributed by atoms with van der Waals surface area (Å²) in [5.41, 5.74) is 3.36. The zero-order valence-electron chi connectivity index (χ0n) is 10.9. The number of carbonyl (C=O) groups is 2. The minimum Gasteiger partial charge on any atom is -0.550 e. The standard InChI is InChI=1S/C16H15NO3/c18-14(8-9-15(19)20)17-13-7-6-11-5-4-10-2-1-3-12(13)16(10)11/h1-3,6-7H,4-5,8-9H2,(H,17,18)(H,19,20)/p-1. The molecule has 4 nitrogen and oxygen atoms in total. The summed E-state index contributed by atoms with van der Waals surface area (Å²) in [5.74, 6) is -1.51. The Labute approximate surface area is 116 Å². The Hall–Kier alpha value is -2.36. The first kappa shape index (κ1) is 12.7. The second-order valence-electron chi connectivity index (χ2n) is 5.03. The molecule has 1 amide bonds. The van der Waals surface area contributed by atoms with Crippen molar-refractivity contribution >= 4 is 28.3 Å². The molecule has 1 aliphatic carbocycles. The second-order valence-corrected chi connectivity index (χ2v) is 5.03. The molecule has 3 rings (SSSR count). The SMILES string of the molecule is O=C([O-])CCC(=O)Nc1ccc2c3c(cccc13)CC2. The monoisotopic (exact) mass is 268 g/mol. The molecule has 102 valence electrons. The molecule has 0 aromatic heterocycles. The number of carbonyl (C=O) groups excluding carboxylic acids is 2. The number of hydrogen-bond donors (Lipinski definition) is 1.